The quantitative estimate of drug-likeness (QED) is 0.777. The number of rotatable bonds is 4. The van der Waals surface area contributed by atoms with Gasteiger partial charge in [-0.25, -0.2) is 0 Å². The summed E-state index contributed by atoms with van der Waals surface area (Å²) >= 11 is 0. The molecule has 2 aliphatic rings. The molecule has 1 aromatic carbocycles. The minimum Gasteiger partial charge on any atom is -0.481 e. The highest BCUT2D eigenvalue weighted by atomic mass is 16.4. The Morgan fingerprint density at radius 2 is 1.41 bits per heavy atom. The number of aliphatic carboxylic acids is 1. The first kappa shape index (κ1) is 14.3. The molecule has 0 saturated heterocycles. The lowest BCUT2D eigenvalue weighted by Gasteiger charge is -2.04. The van der Waals surface area contributed by atoms with Crippen LogP contribution in [0.1, 0.15) is 22.3 Å². The van der Waals surface area contributed by atoms with E-state index >= 15 is 0 Å². The highest BCUT2D eigenvalue weighted by molar-refractivity contribution is 5.83. The minimum atomic E-state index is -0.784. The fourth-order valence-corrected chi connectivity index (χ4v) is 3.07. The molecule has 2 aliphatic carbocycles. The summed E-state index contributed by atoms with van der Waals surface area (Å²) in [4.78, 5) is 11.2. The number of fused-ring (bicyclic) bond motifs is 1. The van der Waals surface area contributed by atoms with E-state index in [0.717, 1.165) is 28.7 Å². The topological polar surface area (TPSA) is 37.3 Å². The zero-order valence-corrected chi connectivity index (χ0v) is 12.5. The van der Waals surface area contributed by atoms with E-state index in [2.05, 4.69) is 18.2 Å². The van der Waals surface area contributed by atoms with Gasteiger partial charge in [0.25, 0.3) is 0 Å². The van der Waals surface area contributed by atoms with Gasteiger partial charge in [0.15, 0.2) is 0 Å². The number of carboxylic acids is 1. The first-order valence-electron chi connectivity index (χ1n) is 7.41. The number of hydrogen-bond acceptors (Lipinski definition) is 1. The Morgan fingerprint density at radius 3 is 2.00 bits per heavy atom. The van der Waals surface area contributed by atoms with Crippen LogP contribution in [0.2, 0.25) is 0 Å². The van der Waals surface area contributed by atoms with Crippen LogP contribution in [-0.2, 0) is 17.6 Å². The molecule has 1 aromatic rings. The van der Waals surface area contributed by atoms with E-state index < -0.39 is 5.97 Å². The molecule has 0 radical (unpaired) electrons. The molecule has 0 bridgehead atoms. The first-order valence-corrected chi connectivity index (χ1v) is 7.41. The van der Waals surface area contributed by atoms with Crippen LogP contribution in [0.5, 0.6) is 0 Å². The van der Waals surface area contributed by atoms with Gasteiger partial charge in [0, 0.05) is 0 Å². The van der Waals surface area contributed by atoms with Crippen LogP contribution in [0.25, 0.3) is 11.1 Å². The van der Waals surface area contributed by atoms with Crippen LogP contribution in [0.3, 0.4) is 0 Å². The van der Waals surface area contributed by atoms with E-state index in [9.17, 15) is 9.90 Å². The van der Waals surface area contributed by atoms with Crippen molar-refractivity contribution in [3.63, 3.8) is 0 Å². The molecule has 0 spiro atoms. The van der Waals surface area contributed by atoms with Crippen molar-refractivity contribution < 1.29 is 9.90 Å². The third-order valence-electron chi connectivity index (χ3n) is 4.15. The average Bonchev–Trinajstić information content (AvgIpc) is 2.70. The van der Waals surface area contributed by atoms with E-state index in [1.54, 1.807) is 0 Å². The van der Waals surface area contributed by atoms with Crippen molar-refractivity contribution >= 4 is 5.97 Å². The molecule has 0 heterocycles. The maximum Gasteiger partial charge on any atom is 0.307 e. The van der Waals surface area contributed by atoms with Gasteiger partial charge in [-0.15, -0.1) is 0 Å². The standard InChI is InChI=1S/C20H18O2/c1-14-18(12-15-8-4-2-5-9-15)16-10-6-3-7-11-17(16)19(14)13-20(21)22/h2-11H,12-13H2,1H3,(H,21,22). The van der Waals surface area contributed by atoms with Gasteiger partial charge in [-0.3, -0.25) is 4.79 Å². The fraction of sp³-hybridized carbons (Fsp3) is 0.150. The van der Waals surface area contributed by atoms with Crippen molar-refractivity contribution in [3.8, 4) is 11.1 Å². The summed E-state index contributed by atoms with van der Waals surface area (Å²) in [5.74, 6) is -0.784. The molecule has 3 rings (SSSR count). The Balaban J connectivity index is 2.14. The zero-order chi connectivity index (χ0) is 15.5. The largest absolute Gasteiger partial charge is 0.481 e. The second-order valence-corrected chi connectivity index (χ2v) is 5.55. The van der Waals surface area contributed by atoms with Crippen molar-refractivity contribution in [2.45, 2.75) is 19.8 Å². The lowest BCUT2D eigenvalue weighted by molar-refractivity contribution is -0.136. The Hall–Kier alpha value is -2.61. The van der Waals surface area contributed by atoms with E-state index in [1.165, 1.54) is 11.1 Å². The third kappa shape index (κ3) is 2.73. The van der Waals surface area contributed by atoms with E-state index in [-0.39, 0.29) is 6.42 Å². The van der Waals surface area contributed by atoms with E-state index in [1.807, 2.05) is 49.4 Å². The molecule has 0 aliphatic heterocycles. The van der Waals surface area contributed by atoms with Crippen LogP contribution in [0.4, 0.5) is 0 Å². The van der Waals surface area contributed by atoms with Crippen LogP contribution >= 0.6 is 0 Å². The molecule has 22 heavy (non-hydrogen) atoms. The second-order valence-electron chi connectivity index (χ2n) is 5.55. The van der Waals surface area contributed by atoms with Gasteiger partial charge in [-0.1, -0.05) is 60.7 Å². The van der Waals surface area contributed by atoms with Crippen molar-refractivity contribution in [2.75, 3.05) is 0 Å². The molecular formula is C20H18O2. The summed E-state index contributed by atoms with van der Waals surface area (Å²) in [5.41, 5.74) is 6.72. The van der Waals surface area contributed by atoms with Gasteiger partial charge in [-0.05, 0) is 46.7 Å². The smallest absolute Gasteiger partial charge is 0.307 e. The van der Waals surface area contributed by atoms with Gasteiger partial charge in [0.1, 0.15) is 0 Å². The summed E-state index contributed by atoms with van der Waals surface area (Å²) < 4.78 is 0. The predicted octanol–water partition coefficient (Wildman–Crippen LogP) is 4.32. The van der Waals surface area contributed by atoms with Crippen LogP contribution in [0.15, 0.2) is 60.7 Å². The van der Waals surface area contributed by atoms with Crippen molar-refractivity contribution in [1.82, 2.24) is 0 Å². The molecule has 0 unspecified atom stereocenters. The van der Waals surface area contributed by atoms with Crippen molar-refractivity contribution in [3.05, 3.63) is 82.9 Å². The molecule has 1 N–H and O–H groups in total. The lowest BCUT2D eigenvalue weighted by Crippen LogP contribution is -2.01. The highest BCUT2D eigenvalue weighted by Crippen LogP contribution is 2.37. The molecule has 0 fully saturated rings. The summed E-state index contributed by atoms with van der Waals surface area (Å²) in [5, 5.41) is 9.21. The van der Waals surface area contributed by atoms with Gasteiger partial charge in [0.2, 0.25) is 0 Å². The number of hydrogen-bond donors (Lipinski definition) is 1. The molecule has 0 aromatic heterocycles. The Kier molecular flexibility index (Phi) is 3.92. The van der Waals surface area contributed by atoms with Gasteiger partial charge in [0.05, 0.1) is 6.42 Å². The SMILES string of the molecule is Cc1c(CC(=O)O)c2cccccc-2c1Cc1ccccc1. The van der Waals surface area contributed by atoms with Crippen LogP contribution in [0, 0.1) is 6.92 Å². The predicted molar refractivity (Wildman–Crippen MR) is 88.4 cm³/mol. The third-order valence-corrected chi connectivity index (χ3v) is 4.15. The normalized spacial score (nSPS) is 10.8. The van der Waals surface area contributed by atoms with Gasteiger partial charge >= 0.3 is 5.97 Å². The summed E-state index contributed by atoms with van der Waals surface area (Å²) in [6.45, 7) is 2.04. The molecule has 2 heteroatoms. The Labute approximate surface area is 130 Å². The summed E-state index contributed by atoms with van der Waals surface area (Å²) in [6.07, 6.45) is 0.897. The van der Waals surface area contributed by atoms with Crippen molar-refractivity contribution in [2.24, 2.45) is 0 Å². The number of carboxylic acid groups (broad SMARTS) is 1. The van der Waals surface area contributed by atoms with E-state index in [0.29, 0.717) is 0 Å². The molecule has 2 nitrogen and oxygen atoms in total. The Bertz CT molecular complexity index is 775. The second kappa shape index (κ2) is 6.02. The van der Waals surface area contributed by atoms with E-state index in [4.69, 9.17) is 0 Å². The number of carbonyl (C=O) groups is 1. The Morgan fingerprint density at radius 1 is 0.864 bits per heavy atom. The molecule has 110 valence electrons. The maximum atomic E-state index is 11.2. The van der Waals surface area contributed by atoms with Crippen molar-refractivity contribution in [1.29, 1.82) is 0 Å². The average molecular weight is 290 g/mol. The zero-order valence-electron chi connectivity index (χ0n) is 12.5. The molecule has 0 atom stereocenters. The first-order chi connectivity index (χ1) is 10.7. The summed E-state index contributed by atoms with van der Waals surface area (Å²) in [7, 11) is 0. The fourth-order valence-electron chi connectivity index (χ4n) is 3.07. The molecular weight excluding hydrogens is 272 g/mol. The number of benzene rings is 1. The van der Waals surface area contributed by atoms with Crippen LogP contribution in [-0.4, -0.2) is 11.1 Å². The van der Waals surface area contributed by atoms with Gasteiger partial charge < -0.3 is 5.11 Å². The minimum absolute atomic E-state index is 0.0706. The molecule has 0 amide bonds. The highest BCUT2D eigenvalue weighted by Gasteiger charge is 2.21. The molecule has 0 saturated carbocycles. The van der Waals surface area contributed by atoms with Crippen LogP contribution < -0.4 is 0 Å². The van der Waals surface area contributed by atoms with Gasteiger partial charge in [-0.2, -0.15) is 0 Å². The lowest BCUT2D eigenvalue weighted by atomic mass is 10.0. The summed E-state index contributed by atoms with van der Waals surface area (Å²) in [6, 6.07) is 20.4. The monoisotopic (exact) mass is 290 g/mol. The maximum absolute atomic E-state index is 11.2.